The molecule has 1 saturated heterocycles. The maximum absolute atomic E-state index is 12.7. The van der Waals surface area contributed by atoms with Gasteiger partial charge in [0.15, 0.2) is 5.57 Å². The second-order valence-corrected chi connectivity index (χ2v) is 3.82. The Labute approximate surface area is 106 Å². The zero-order chi connectivity index (χ0) is 15.8. The fourth-order valence-corrected chi connectivity index (χ4v) is 1.70. The number of rotatable bonds is 1. The van der Waals surface area contributed by atoms with Crippen molar-refractivity contribution in [2.45, 2.75) is 18.5 Å². The van der Waals surface area contributed by atoms with Gasteiger partial charge in [-0.2, -0.15) is 39.5 Å². The van der Waals surface area contributed by atoms with Crippen LogP contribution in [0.25, 0.3) is 0 Å². The molecule has 0 spiro atoms. The largest absolute Gasteiger partial charge is 0.431 e. The van der Waals surface area contributed by atoms with Crippen molar-refractivity contribution in [1.82, 2.24) is 4.90 Å². The summed E-state index contributed by atoms with van der Waals surface area (Å²) in [5.74, 6) is 0. The molecule has 1 heterocycles. The minimum Gasteiger partial charge on any atom is -0.378 e. The van der Waals surface area contributed by atoms with Crippen molar-refractivity contribution in [2.75, 3.05) is 26.3 Å². The van der Waals surface area contributed by atoms with Crippen LogP contribution in [0.2, 0.25) is 0 Å². The van der Waals surface area contributed by atoms with Crippen LogP contribution in [0, 0.1) is 0 Å². The maximum Gasteiger partial charge on any atom is 0.431 e. The summed E-state index contributed by atoms with van der Waals surface area (Å²) in [6.07, 6.45) is -18.1. The van der Waals surface area contributed by atoms with Crippen LogP contribution < -0.4 is 0 Å². The molecule has 0 radical (unpaired) electrons. The Morgan fingerprint density at radius 2 is 1.10 bits per heavy atom. The number of morpholine rings is 1. The van der Waals surface area contributed by atoms with E-state index in [0.29, 0.717) is 0 Å². The third kappa shape index (κ3) is 3.93. The summed E-state index contributed by atoms with van der Waals surface area (Å²) in [7, 11) is 0. The molecule has 1 aliphatic heterocycles. The van der Waals surface area contributed by atoms with Crippen LogP contribution in [0.5, 0.6) is 0 Å². The molecule has 2 nitrogen and oxygen atoms in total. The first-order chi connectivity index (χ1) is 8.85. The number of hydrogen-bond donors (Lipinski definition) is 0. The number of alkyl halides is 9. The van der Waals surface area contributed by atoms with E-state index >= 15 is 0 Å². The standard InChI is InChI=1S/C9H8F9NO/c10-7(11,12)5(8(13,14)15)6(9(16,17)18)19-1-3-20-4-2-19/h1-4H2. The molecule has 0 atom stereocenters. The monoisotopic (exact) mass is 317 g/mol. The van der Waals surface area contributed by atoms with Crippen LogP contribution in [0.4, 0.5) is 39.5 Å². The normalized spacial score (nSPS) is 18.1. The van der Waals surface area contributed by atoms with Crippen LogP contribution >= 0.6 is 0 Å². The van der Waals surface area contributed by atoms with Gasteiger partial charge in [-0.15, -0.1) is 0 Å². The van der Waals surface area contributed by atoms with E-state index in [9.17, 15) is 39.5 Å². The molecule has 1 rings (SSSR count). The molecule has 0 saturated carbocycles. The summed E-state index contributed by atoms with van der Waals surface area (Å²) in [6.45, 7) is -2.18. The first kappa shape index (κ1) is 16.9. The number of hydrogen-bond acceptors (Lipinski definition) is 2. The minimum atomic E-state index is -6.17. The number of allylic oxidation sites excluding steroid dienone is 2. The number of halogens is 9. The van der Waals surface area contributed by atoms with E-state index in [-0.39, 0.29) is 18.1 Å². The van der Waals surface area contributed by atoms with Gasteiger partial charge < -0.3 is 9.64 Å². The van der Waals surface area contributed by atoms with Gasteiger partial charge in [-0.25, -0.2) is 0 Å². The van der Waals surface area contributed by atoms with E-state index in [2.05, 4.69) is 4.74 Å². The molecule has 0 bridgehead atoms. The SMILES string of the molecule is FC(F)(F)C(=C(C(F)(F)F)C(F)(F)F)N1CCOCC1. The van der Waals surface area contributed by atoms with E-state index in [0.717, 1.165) is 0 Å². The molecule has 20 heavy (non-hydrogen) atoms. The molecule has 11 heteroatoms. The molecule has 118 valence electrons. The molecule has 0 aromatic carbocycles. The molecule has 0 aliphatic carbocycles. The van der Waals surface area contributed by atoms with Crippen molar-refractivity contribution < 1.29 is 44.3 Å². The zero-order valence-electron chi connectivity index (χ0n) is 9.59. The highest BCUT2D eigenvalue weighted by Crippen LogP contribution is 2.45. The van der Waals surface area contributed by atoms with E-state index in [4.69, 9.17) is 0 Å². The minimum absolute atomic E-state index is 0.000185. The van der Waals surface area contributed by atoms with Gasteiger partial charge in [0.05, 0.1) is 13.2 Å². The lowest BCUT2D eigenvalue weighted by Gasteiger charge is -2.34. The quantitative estimate of drug-likeness (QED) is 0.688. The summed E-state index contributed by atoms with van der Waals surface area (Å²) in [4.78, 5) is -0.000185. The zero-order valence-corrected chi connectivity index (χ0v) is 9.59. The highest BCUT2D eigenvalue weighted by Gasteiger charge is 2.58. The smallest absolute Gasteiger partial charge is 0.378 e. The van der Waals surface area contributed by atoms with E-state index in [1.807, 2.05) is 0 Å². The average Bonchev–Trinajstić information content (AvgIpc) is 2.21. The molecule has 1 aliphatic rings. The van der Waals surface area contributed by atoms with Crippen LogP contribution in [-0.2, 0) is 4.74 Å². The lowest BCUT2D eigenvalue weighted by Crippen LogP contribution is -2.44. The van der Waals surface area contributed by atoms with Crippen LogP contribution in [0.15, 0.2) is 11.3 Å². The topological polar surface area (TPSA) is 12.5 Å². The van der Waals surface area contributed by atoms with Gasteiger partial charge in [-0.1, -0.05) is 0 Å². The number of nitrogens with zero attached hydrogens (tertiary/aromatic N) is 1. The molecule has 0 aromatic heterocycles. The Morgan fingerprint density at radius 3 is 1.40 bits per heavy atom. The molecular weight excluding hydrogens is 309 g/mol. The molecular formula is C9H8F9NO. The first-order valence-electron chi connectivity index (χ1n) is 5.13. The predicted octanol–water partition coefficient (Wildman–Crippen LogP) is 3.26. The molecule has 0 unspecified atom stereocenters. The van der Waals surface area contributed by atoms with Crippen molar-refractivity contribution >= 4 is 0 Å². The van der Waals surface area contributed by atoms with Crippen molar-refractivity contribution in [3.63, 3.8) is 0 Å². The van der Waals surface area contributed by atoms with Crippen LogP contribution in [-0.4, -0.2) is 49.7 Å². The second kappa shape index (κ2) is 5.34. The van der Waals surface area contributed by atoms with Gasteiger partial charge in [0.2, 0.25) is 0 Å². The summed E-state index contributed by atoms with van der Waals surface area (Å²) in [5, 5.41) is 0. The van der Waals surface area contributed by atoms with Gasteiger partial charge in [0.25, 0.3) is 0 Å². The third-order valence-corrected chi connectivity index (χ3v) is 2.40. The lowest BCUT2D eigenvalue weighted by molar-refractivity contribution is -0.188. The number of ether oxygens (including phenoxy) is 1. The summed E-state index contributed by atoms with van der Waals surface area (Å²) in [6, 6.07) is 0. The Balaban J connectivity index is 3.47. The van der Waals surface area contributed by atoms with Crippen LogP contribution in [0.1, 0.15) is 0 Å². The van der Waals surface area contributed by atoms with Crippen molar-refractivity contribution in [2.24, 2.45) is 0 Å². The summed E-state index contributed by atoms with van der Waals surface area (Å²) >= 11 is 0. The van der Waals surface area contributed by atoms with Gasteiger partial charge in [0, 0.05) is 13.1 Å². The Kier molecular flexibility index (Phi) is 4.52. The van der Waals surface area contributed by atoms with Crippen molar-refractivity contribution in [3.05, 3.63) is 11.3 Å². The first-order valence-corrected chi connectivity index (χ1v) is 5.13. The van der Waals surface area contributed by atoms with E-state index in [1.165, 1.54) is 0 Å². The molecule has 1 fully saturated rings. The van der Waals surface area contributed by atoms with Gasteiger partial charge in [-0.3, -0.25) is 0 Å². The summed E-state index contributed by atoms with van der Waals surface area (Å²) in [5.41, 5.74) is -6.26. The average molecular weight is 317 g/mol. The van der Waals surface area contributed by atoms with Crippen molar-refractivity contribution in [3.8, 4) is 0 Å². The molecule has 0 N–H and O–H groups in total. The highest BCUT2D eigenvalue weighted by molar-refractivity contribution is 5.27. The van der Waals surface area contributed by atoms with Crippen LogP contribution in [0.3, 0.4) is 0 Å². The second-order valence-electron chi connectivity index (χ2n) is 3.82. The van der Waals surface area contributed by atoms with Gasteiger partial charge in [0.1, 0.15) is 5.70 Å². The van der Waals surface area contributed by atoms with Gasteiger partial charge in [-0.05, 0) is 0 Å². The predicted molar refractivity (Wildman–Crippen MR) is 47.6 cm³/mol. The van der Waals surface area contributed by atoms with Gasteiger partial charge >= 0.3 is 18.5 Å². The van der Waals surface area contributed by atoms with E-state index in [1.54, 1.807) is 0 Å². The van der Waals surface area contributed by atoms with E-state index < -0.39 is 42.9 Å². The Bertz CT molecular complexity index is 356. The molecule has 0 amide bonds. The maximum atomic E-state index is 12.7. The summed E-state index contributed by atoms with van der Waals surface area (Å²) < 4.78 is 117. The Morgan fingerprint density at radius 1 is 0.700 bits per heavy atom. The fourth-order valence-electron chi connectivity index (χ4n) is 1.70. The fraction of sp³-hybridized carbons (Fsp3) is 0.778. The highest BCUT2D eigenvalue weighted by atomic mass is 19.4. The third-order valence-electron chi connectivity index (χ3n) is 2.40. The Hall–Kier alpha value is -1.13. The molecule has 0 aromatic rings. The lowest BCUT2D eigenvalue weighted by atomic mass is 10.1. The van der Waals surface area contributed by atoms with Crippen molar-refractivity contribution in [1.29, 1.82) is 0 Å².